The van der Waals surface area contributed by atoms with Crippen LogP contribution >= 0.6 is 0 Å². The number of H-pyrrole nitrogens is 2. The van der Waals surface area contributed by atoms with Gasteiger partial charge in [0, 0.05) is 29.2 Å². The third-order valence-electron chi connectivity index (χ3n) is 10.7. The SMILES string of the molecule is CC(C)c1c[n+](C)n2c1CCCC2.CC(C)c1cnn2c1CCCC2.CC(C)c1n[nH]c2c1CCC2.CC(C)c1n[nH]c2c1CCCC2. The van der Waals surface area contributed by atoms with E-state index >= 15 is 0 Å². The van der Waals surface area contributed by atoms with Crippen LogP contribution in [0.3, 0.4) is 0 Å². The van der Waals surface area contributed by atoms with Crippen molar-refractivity contribution in [2.75, 3.05) is 0 Å². The third-order valence-corrected chi connectivity index (χ3v) is 10.7. The Labute approximate surface area is 290 Å². The number of hydrogen-bond acceptors (Lipinski definition) is 3. The number of fused-ring (bicyclic) bond motifs is 4. The predicted molar refractivity (Wildman–Crippen MR) is 196 cm³/mol. The quantitative estimate of drug-likeness (QED) is 0.216. The van der Waals surface area contributed by atoms with Crippen molar-refractivity contribution in [1.82, 2.24) is 34.9 Å². The van der Waals surface area contributed by atoms with Crippen molar-refractivity contribution in [3.8, 4) is 0 Å². The first-order valence-electron chi connectivity index (χ1n) is 19.3. The number of hydrogen-bond donors (Lipinski definition) is 2. The minimum Gasteiger partial charge on any atom is -0.282 e. The highest BCUT2D eigenvalue weighted by Crippen LogP contribution is 2.28. The lowest BCUT2D eigenvalue weighted by atomic mass is 9.93. The van der Waals surface area contributed by atoms with Gasteiger partial charge in [0.05, 0.1) is 29.8 Å². The Morgan fingerprint density at radius 1 is 0.583 bits per heavy atom. The number of nitrogens with one attached hydrogen (secondary N) is 2. The summed E-state index contributed by atoms with van der Waals surface area (Å²) in [5.41, 5.74) is 14.4. The van der Waals surface area contributed by atoms with Crippen molar-refractivity contribution in [2.45, 2.75) is 176 Å². The third kappa shape index (κ3) is 8.34. The van der Waals surface area contributed by atoms with E-state index in [4.69, 9.17) is 0 Å². The average Bonchev–Trinajstić information content (AvgIpc) is 3.90. The van der Waals surface area contributed by atoms with Gasteiger partial charge in [-0.1, -0.05) is 55.4 Å². The second-order valence-corrected chi connectivity index (χ2v) is 15.7. The Hall–Kier alpha value is -3.16. The van der Waals surface area contributed by atoms with Crippen molar-refractivity contribution >= 4 is 0 Å². The smallest absolute Gasteiger partial charge is 0.199 e. The van der Waals surface area contributed by atoms with Crippen LogP contribution in [-0.4, -0.2) is 34.9 Å². The van der Waals surface area contributed by atoms with Crippen LogP contribution in [0, 0.1) is 0 Å². The van der Waals surface area contributed by atoms with Crippen molar-refractivity contribution in [2.24, 2.45) is 7.05 Å². The molecule has 8 nitrogen and oxygen atoms in total. The molecule has 48 heavy (non-hydrogen) atoms. The van der Waals surface area contributed by atoms with Crippen LogP contribution in [-0.2, 0) is 58.7 Å². The maximum absolute atomic E-state index is 4.39. The van der Waals surface area contributed by atoms with Gasteiger partial charge in [0.15, 0.2) is 13.2 Å². The van der Waals surface area contributed by atoms with Gasteiger partial charge in [-0.2, -0.15) is 20.0 Å². The normalized spacial score (nSPS) is 16.4. The lowest BCUT2D eigenvalue weighted by molar-refractivity contribution is -0.754. The van der Waals surface area contributed by atoms with Gasteiger partial charge in [0.2, 0.25) is 0 Å². The Balaban J connectivity index is 0.000000125. The molecule has 4 aliphatic rings. The van der Waals surface area contributed by atoms with Crippen LogP contribution in [0.1, 0.15) is 180 Å². The van der Waals surface area contributed by atoms with Gasteiger partial charge in [0.1, 0.15) is 0 Å². The summed E-state index contributed by atoms with van der Waals surface area (Å²) in [7, 11) is 2.15. The molecule has 2 N–H and O–H groups in total. The van der Waals surface area contributed by atoms with Crippen LogP contribution < -0.4 is 4.68 Å². The fourth-order valence-corrected chi connectivity index (χ4v) is 8.02. The number of nitrogens with zero attached hydrogens (tertiary/aromatic N) is 6. The molecule has 0 spiro atoms. The van der Waals surface area contributed by atoms with E-state index in [0.29, 0.717) is 23.7 Å². The van der Waals surface area contributed by atoms with Gasteiger partial charge < -0.3 is 0 Å². The molecule has 0 atom stereocenters. The molecule has 0 fully saturated rings. The molecule has 2 aliphatic carbocycles. The first-order chi connectivity index (χ1) is 23.1. The molecular formula is C40H65N8+. The van der Waals surface area contributed by atoms with Crippen molar-refractivity contribution < 1.29 is 4.68 Å². The van der Waals surface area contributed by atoms with Crippen molar-refractivity contribution in [1.29, 1.82) is 0 Å². The maximum atomic E-state index is 4.39. The van der Waals surface area contributed by atoms with E-state index in [1.165, 1.54) is 135 Å². The maximum Gasteiger partial charge on any atom is 0.199 e. The van der Waals surface area contributed by atoms with Crippen molar-refractivity contribution in [3.63, 3.8) is 0 Å². The minimum absolute atomic E-state index is 0.572. The molecular weight excluding hydrogens is 592 g/mol. The highest BCUT2D eigenvalue weighted by Gasteiger charge is 2.24. The van der Waals surface area contributed by atoms with Crippen LogP contribution in [0.4, 0.5) is 0 Å². The standard InChI is InChI=1S/C11H19N2.2C10H16N2.C9H14N2/c1-9(2)10-8-12(3)13-7-5-4-6-11(10)13;1-8(2)9-7-11-12-6-4-3-5-10(9)12;1-7(2)10-8-5-3-4-6-9(8)11-12-10;1-6(2)9-7-4-3-5-8(7)10-11-9/h8-9H,4-7H2,1-3H3;7-8H,3-6H2,1-2H3;7H,3-6H2,1-2H3,(H,11,12);6H,3-5H2,1-2H3,(H,10,11)/q+1;;;. The Morgan fingerprint density at radius 3 is 1.71 bits per heavy atom. The molecule has 0 aromatic carbocycles. The van der Waals surface area contributed by atoms with Crippen LogP contribution in [0.15, 0.2) is 12.4 Å². The first kappa shape index (κ1) is 36.1. The van der Waals surface area contributed by atoms with Crippen LogP contribution in [0.5, 0.6) is 0 Å². The second kappa shape index (κ2) is 16.5. The summed E-state index contributed by atoms with van der Waals surface area (Å²) in [5, 5.41) is 19.4. The summed E-state index contributed by atoms with van der Waals surface area (Å²) < 4.78 is 6.86. The van der Waals surface area contributed by atoms with Gasteiger partial charge in [-0.05, 0) is 124 Å². The highest BCUT2D eigenvalue weighted by molar-refractivity contribution is 5.31. The summed E-state index contributed by atoms with van der Waals surface area (Å²) in [6.07, 6.45) is 21.0. The molecule has 0 saturated heterocycles. The number of rotatable bonds is 4. The highest BCUT2D eigenvalue weighted by atomic mass is 15.4. The van der Waals surface area contributed by atoms with E-state index in [9.17, 15) is 0 Å². The minimum atomic E-state index is 0.572. The number of aromatic amines is 2. The molecule has 8 rings (SSSR count). The largest absolute Gasteiger partial charge is 0.282 e. The zero-order valence-corrected chi connectivity index (χ0v) is 31.8. The summed E-state index contributed by atoms with van der Waals surface area (Å²) in [4.78, 5) is 0. The average molecular weight is 658 g/mol. The summed E-state index contributed by atoms with van der Waals surface area (Å²) >= 11 is 0. The van der Waals surface area contributed by atoms with E-state index in [-0.39, 0.29) is 0 Å². The zero-order valence-electron chi connectivity index (χ0n) is 31.8. The Bertz CT molecular complexity index is 1530. The Morgan fingerprint density at radius 2 is 1.10 bits per heavy atom. The summed E-state index contributed by atoms with van der Waals surface area (Å²) in [6, 6.07) is 0. The summed E-state index contributed by atoms with van der Waals surface area (Å²) in [6.45, 7) is 20.2. The predicted octanol–water partition coefficient (Wildman–Crippen LogP) is 8.55. The van der Waals surface area contributed by atoms with E-state index in [1.807, 2.05) is 6.20 Å². The lowest BCUT2D eigenvalue weighted by Crippen LogP contribution is -2.40. The molecule has 2 aliphatic heterocycles. The van der Waals surface area contributed by atoms with E-state index in [0.717, 1.165) is 6.54 Å². The van der Waals surface area contributed by atoms with Gasteiger partial charge in [-0.25, -0.2) is 0 Å². The van der Waals surface area contributed by atoms with Gasteiger partial charge in [-0.3, -0.25) is 14.9 Å². The molecule has 0 amide bonds. The van der Waals surface area contributed by atoms with Crippen molar-refractivity contribution in [3.05, 3.63) is 68.8 Å². The second-order valence-electron chi connectivity index (χ2n) is 15.7. The van der Waals surface area contributed by atoms with E-state index in [1.54, 1.807) is 11.3 Å². The van der Waals surface area contributed by atoms with E-state index < -0.39 is 0 Å². The topological polar surface area (TPSA) is 84.0 Å². The first-order valence-corrected chi connectivity index (χ1v) is 19.3. The monoisotopic (exact) mass is 658 g/mol. The number of aromatic nitrogens is 8. The van der Waals surface area contributed by atoms with Gasteiger partial charge in [0.25, 0.3) is 0 Å². The lowest BCUT2D eigenvalue weighted by Gasteiger charge is -2.15. The molecule has 4 aromatic rings. The molecule has 0 unspecified atom stereocenters. The van der Waals surface area contributed by atoms with Crippen LogP contribution in [0.25, 0.3) is 0 Å². The van der Waals surface area contributed by atoms with Gasteiger partial charge >= 0.3 is 0 Å². The molecule has 8 heteroatoms. The number of aryl methyl sites for hydroxylation is 4. The fraction of sp³-hybridized carbons (Fsp3) is 0.700. The molecule has 0 radical (unpaired) electrons. The van der Waals surface area contributed by atoms with Crippen LogP contribution in [0.2, 0.25) is 0 Å². The fourth-order valence-electron chi connectivity index (χ4n) is 8.02. The van der Waals surface area contributed by atoms with E-state index in [2.05, 4.69) is 108 Å². The Kier molecular flexibility index (Phi) is 12.4. The van der Waals surface area contributed by atoms with Gasteiger partial charge in [-0.15, -0.1) is 4.68 Å². The zero-order chi connectivity index (χ0) is 34.4. The summed E-state index contributed by atoms with van der Waals surface area (Å²) in [5.74, 6) is 2.45. The molecule has 0 saturated carbocycles. The molecule has 264 valence electrons. The molecule has 6 heterocycles. The molecule has 4 aromatic heterocycles. The molecule has 0 bridgehead atoms.